The van der Waals surface area contributed by atoms with Crippen molar-refractivity contribution in [2.24, 2.45) is 0 Å². The van der Waals surface area contributed by atoms with E-state index in [1.807, 2.05) is 31.2 Å². The van der Waals surface area contributed by atoms with E-state index in [2.05, 4.69) is 4.98 Å². The highest BCUT2D eigenvalue weighted by molar-refractivity contribution is 6.06. The molecule has 0 spiro atoms. The Kier molecular flexibility index (Phi) is 4.98. The zero-order chi connectivity index (χ0) is 18.7. The van der Waals surface area contributed by atoms with E-state index < -0.39 is 12.1 Å². The van der Waals surface area contributed by atoms with Gasteiger partial charge in [0.1, 0.15) is 5.75 Å². The number of hydrogen-bond donors (Lipinski definition) is 0. The van der Waals surface area contributed by atoms with Crippen molar-refractivity contribution in [3.63, 3.8) is 0 Å². The number of para-hydroxylation sites is 1. The monoisotopic (exact) mass is 349 g/mol. The molecule has 0 aliphatic heterocycles. The van der Waals surface area contributed by atoms with Crippen molar-refractivity contribution in [3.8, 4) is 5.75 Å². The van der Waals surface area contributed by atoms with Crippen LogP contribution in [0.4, 0.5) is 0 Å². The average molecular weight is 349 g/mol. The van der Waals surface area contributed by atoms with E-state index in [0.717, 1.165) is 0 Å². The van der Waals surface area contributed by atoms with Gasteiger partial charge in [0.15, 0.2) is 6.10 Å². The number of aromatic nitrogens is 1. The van der Waals surface area contributed by atoms with Crippen LogP contribution < -0.4 is 4.74 Å². The number of pyridine rings is 1. The number of esters is 1. The van der Waals surface area contributed by atoms with Crippen LogP contribution in [0.2, 0.25) is 0 Å². The number of aryl methyl sites for hydroxylation is 1. The Morgan fingerprint density at radius 3 is 2.42 bits per heavy atom. The summed E-state index contributed by atoms with van der Waals surface area (Å²) in [4.78, 5) is 29.6. The highest BCUT2D eigenvalue weighted by Gasteiger charge is 2.22. The van der Waals surface area contributed by atoms with Crippen LogP contribution in [-0.2, 0) is 4.74 Å². The van der Waals surface area contributed by atoms with Gasteiger partial charge in [0.2, 0.25) is 5.78 Å². The van der Waals surface area contributed by atoms with Crippen LogP contribution in [-0.4, -0.2) is 30.0 Å². The first-order chi connectivity index (χ1) is 12.5. The quantitative estimate of drug-likeness (QED) is 0.515. The summed E-state index contributed by atoms with van der Waals surface area (Å²) < 4.78 is 10.5. The van der Waals surface area contributed by atoms with Crippen molar-refractivity contribution in [2.75, 3.05) is 7.11 Å². The Bertz CT molecular complexity index is 963. The molecule has 0 bridgehead atoms. The van der Waals surface area contributed by atoms with E-state index in [1.54, 1.807) is 44.4 Å². The van der Waals surface area contributed by atoms with E-state index in [0.29, 0.717) is 33.5 Å². The molecule has 1 heterocycles. The second-order valence-corrected chi connectivity index (χ2v) is 5.97. The molecular weight excluding hydrogens is 330 g/mol. The maximum atomic E-state index is 12.6. The summed E-state index contributed by atoms with van der Waals surface area (Å²) in [5, 5.41) is 0.701. The largest absolute Gasteiger partial charge is 0.497 e. The summed E-state index contributed by atoms with van der Waals surface area (Å²) in [5.74, 6) is -0.151. The minimum atomic E-state index is -0.900. The van der Waals surface area contributed by atoms with Crippen molar-refractivity contribution in [3.05, 3.63) is 71.4 Å². The number of benzene rings is 2. The van der Waals surface area contributed by atoms with Crippen LogP contribution in [0.25, 0.3) is 10.9 Å². The molecule has 2 aromatic carbocycles. The lowest BCUT2D eigenvalue weighted by molar-refractivity contribution is 0.0320. The van der Waals surface area contributed by atoms with Crippen molar-refractivity contribution >= 4 is 22.7 Å². The van der Waals surface area contributed by atoms with E-state index in [-0.39, 0.29) is 5.78 Å². The van der Waals surface area contributed by atoms with Gasteiger partial charge in [0.25, 0.3) is 0 Å². The predicted octanol–water partition coefficient (Wildman–Crippen LogP) is 3.98. The summed E-state index contributed by atoms with van der Waals surface area (Å²) >= 11 is 0. The lowest BCUT2D eigenvalue weighted by atomic mass is 10.1. The molecule has 0 saturated carbocycles. The van der Waals surface area contributed by atoms with Gasteiger partial charge in [-0.3, -0.25) is 9.78 Å². The Balaban J connectivity index is 1.82. The second kappa shape index (κ2) is 7.35. The highest BCUT2D eigenvalue weighted by Crippen LogP contribution is 2.20. The molecule has 3 aromatic rings. The van der Waals surface area contributed by atoms with Gasteiger partial charge in [-0.15, -0.1) is 0 Å². The summed E-state index contributed by atoms with van der Waals surface area (Å²) in [7, 11) is 1.56. The maximum absolute atomic E-state index is 12.6. The average Bonchev–Trinajstić information content (AvgIpc) is 2.66. The molecule has 1 atom stereocenters. The molecule has 0 radical (unpaired) electrons. The zero-order valence-corrected chi connectivity index (χ0v) is 14.9. The number of ketones is 1. The molecule has 0 saturated heterocycles. The smallest absolute Gasteiger partial charge is 0.339 e. The minimum absolute atomic E-state index is 0.268. The Morgan fingerprint density at radius 1 is 1.04 bits per heavy atom. The summed E-state index contributed by atoms with van der Waals surface area (Å²) in [6, 6.07) is 15.7. The molecule has 1 unspecified atom stereocenters. The van der Waals surface area contributed by atoms with Crippen LogP contribution >= 0.6 is 0 Å². The van der Waals surface area contributed by atoms with Crippen molar-refractivity contribution < 1.29 is 19.1 Å². The fraction of sp³-hybridized carbons (Fsp3) is 0.190. The number of Topliss-reactive ketones (excluding diaryl/α,β-unsaturated/α-hetero) is 1. The fourth-order valence-corrected chi connectivity index (χ4v) is 2.74. The standard InChI is InChI=1S/C21H19NO4/c1-13-12-18(17-6-4-5-7-19(17)22-13)21(24)26-14(2)20(23)15-8-10-16(25-3)11-9-15/h4-12,14H,1-3H3. The third-order valence-corrected chi connectivity index (χ3v) is 4.09. The molecule has 0 fully saturated rings. The van der Waals surface area contributed by atoms with E-state index in [4.69, 9.17) is 9.47 Å². The Morgan fingerprint density at radius 2 is 1.73 bits per heavy atom. The van der Waals surface area contributed by atoms with Crippen LogP contribution in [0.5, 0.6) is 5.75 Å². The van der Waals surface area contributed by atoms with Gasteiger partial charge in [-0.1, -0.05) is 18.2 Å². The molecule has 0 aliphatic carbocycles. The van der Waals surface area contributed by atoms with Crippen LogP contribution in [0.1, 0.15) is 33.3 Å². The predicted molar refractivity (Wildman–Crippen MR) is 98.7 cm³/mol. The number of carbonyl (C=O) groups excluding carboxylic acids is 2. The molecule has 0 aliphatic rings. The first-order valence-electron chi connectivity index (χ1n) is 8.25. The van der Waals surface area contributed by atoms with Gasteiger partial charge in [0, 0.05) is 16.6 Å². The fourth-order valence-electron chi connectivity index (χ4n) is 2.74. The number of carbonyl (C=O) groups is 2. The lowest BCUT2D eigenvalue weighted by Crippen LogP contribution is -2.24. The van der Waals surface area contributed by atoms with E-state index in [9.17, 15) is 9.59 Å². The molecule has 5 nitrogen and oxygen atoms in total. The second-order valence-electron chi connectivity index (χ2n) is 5.97. The molecule has 1 aromatic heterocycles. The maximum Gasteiger partial charge on any atom is 0.339 e. The number of nitrogens with zero attached hydrogens (tertiary/aromatic N) is 1. The normalized spacial score (nSPS) is 11.8. The highest BCUT2D eigenvalue weighted by atomic mass is 16.5. The summed E-state index contributed by atoms with van der Waals surface area (Å²) in [6.07, 6.45) is -0.900. The molecule has 0 amide bonds. The van der Waals surface area contributed by atoms with Crippen LogP contribution in [0, 0.1) is 6.92 Å². The van der Waals surface area contributed by atoms with Gasteiger partial charge >= 0.3 is 5.97 Å². The third kappa shape index (κ3) is 3.57. The number of methoxy groups -OCH3 is 1. The molecule has 26 heavy (non-hydrogen) atoms. The van der Waals surface area contributed by atoms with Crippen molar-refractivity contribution in [1.82, 2.24) is 4.98 Å². The van der Waals surface area contributed by atoms with Crippen LogP contribution in [0.3, 0.4) is 0 Å². The molecule has 5 heteroatoms. The topological polar surface area (TPSA) is 65.5 Å². The SMILES string of the molecule is COc1ccc(C(=O)C(C)OC(=O)c2cc(C)nc3ccccc23)cc1. The van der Waals surface area contributed by atoms with Crippen molar-refractivity contribution in [2.45, 2.75) is 20.0 Å². The van der Waals surface area contributed by atoms with Crippen molar-refractivity contribution in [1.29, 1.82) is 0 Å². The number of fused-ring (bicyclic) bond motifs is 1. The van der Waals surface area contributed by atoms with Gasteiger partial charge in [-0.25, -0.2) is 4.79 Å². The van der Waals surface area contributed by atoms with Crippen LogP contribution in [0.15, 0.2) is 54.6 Å². The Labute approximate surface area is 151 Å². The van der Waals surface area contributed by atoms with Gasteiger partial charge < -0.3 is 9.47 Å². The first kappa shape index (κ1) is 17.6. The van der Waals surface area contributed by atoms with E-state index in [1.165, 1.54) is 0 Å². The zero-order valence-electron chi connectivity index (χ0n) is 14.9. The lowest BCUT2D eigenvalue weighted by Gasteiger charge is -2.14. The van der Waals surface area contributed by atoms with Gasteiger partial charge in [-0.05, 0) is 50.2 Å². The Hall–Kier alpha value is -3.21. The third-order valence-electron chi connectivity index (χ3n) is 4.09. The number of hydrogen-bond acceptors (Lipinski definition) is 5. The number of ether oxygens (including phenoxy) is 2. The van der Waals surface area contributed by atoms with Gasteiger partial charge in [-0.2, -0.15) is 0 Å². The molecule has 132 valence electrons. The molecule has 3 rings (SSSR count). The van der Waals surface area contributed by atoms with Gasteiger partial charge in [0.05, 0.1) is 18.2 Å². The summed E-state index contributed by atoms with van der Waals surface area (Å²) in [5.41, 5.74) is 2.29. The minimum Gasteiger partial charge on any atom is -0.497 e. The molecular formula is C21H19NO4. The first-order valence-corrected chi connectivity index (χ1v) is 8.25. The molecule has 0 N–H and O–H groups in total. The summed E-state index contributed by atoms with van der Waals surface area (Å²) in [6.45, 7) is 3.38. The van der Waals surface area contributed by atoms with E-state index >= 15 is 0 Å². The number of rotatable bonds is 5.